The van der Waals surface area contributed by atoms with Crippen molar-refractivity contribution in [2.75, 3.05) is 20.3 Å². The van der Waals surface area contributed by atoms with Crippen molar-refractivity contribution in [3.8, 4) is 28.8 Å². The molecule has 0 saturated heterocycles. The third-order valence-corrected chi connectivity index (χ3v) is 5.09. The van der Waals surface area contributed by atoms with Gasteiger partial charge >= 0.3 is 12.0 Å². The highest BCUT2D eigenvalue weighted by atomic mass is 35.5. The fraction of sp³-hybridized carbons (Fsp3) is 0.160. The molecule has 8 heteroatoms. The number of methoxy groups -OCH3 is 1. The maximum absolute atomic E-state index is 12.3. The SMILES string of the molecule is COc1ccccc1-n1c(OCC(=O)OCCc2ccccc2)nnc1-c1cccc(Cl)c1. The number of carbonyl (C=O) groups excluding carboxylic acids is 1. The Hall–Kier alpha value is -3.84. The molecule has 0 atom stereocenters. The molecule has 0 radical (unpaired) electrons. The molecular weight excluding hydrogens is 442 g/mol. The number of carbonyl (C=O) groups is 1. The zero-order valence-electron chi connectivity index (χ0n) is 18.0. The maximum Gasteiger partial charge on any atom is 0.344 e. The van der Waals surface area contributed by atoms with E-state index in [4.69, 9.17) is 25.8 Å². The maximum atomic E-state index is 12.3. The van der Waals surface area contributed by atoms with Gasteiger partial charge < -0.3 is 14.2 Å². The van der Waals surface area contributed by atoms with E-state index in [2.05, 4.69) is 10.2 Å². The van der Waals surface area contributed by atoms with Crippen LogP contribution in [0.15, 0.2) is 78.9 Å². The van der Waals surface area contributed by atoms with Gasteiger partial charge in [0.15, 0.2) is 12.4 Å². The monoisotopic (exact) mass is 463 g/mol. The number of hydrogen-bond donors (Lipinski definition) is 0. The van der Waals surface area contributed by atoms with Gasteiger partial charge in [0.25, 0.3) is 0 Å². The molecule has 4 rings (SSSR count). The van der Waals surface area contributed by atoms with Crippen LogP contribution in [0.4, 0.5) is 0 Å². The minimum atomic E-state index is -0.496. The molecular formula is C25H22ClN3O4. The lowest BCUT2D eigenvalue weighted by molar-refractivity contribution is -0.146. The summed E-state index contributed by atoms with van der Waals surface area (Å²) in [5.74, 6) is 0.593. The van der Waals surface area contributed by atoms with E-state index in [0.29, 0.717) is 28.7 Å². The highest BCUT2D eigenvalue weighted by Gasteiger charge is 2.21. The van der Waals surface area contributed by atoms with Gasteiger partial charge in [0.05, 0.1) is 19.4 Å². The van der Waals surface area contributed by atoms with Gasteiger partial charge in [0.2, 0.25) is 0 Å². The van der Waals surface area contributed by atoms with Crippen LogP contribution < -0.4 is 9.47 Å². The van der Waals surface area contributed by atoms with Gasteiger partial charge in [-0.05, 0) is 29.8 Å². The number of halogens is 1. The summed E-state index contributed by atoms with van der Waals surface area (Å²) in [6, 6.07) is 24.6. The van der Waals surface area contributed by atoms with Crippen LogP contribution in [0.1, 0.15) is 5.56 Å². The molecule has 1 heterocycles. The summed E-state index contributed by atoms with van der Waals surface area (Å²) in [7, 11) is 1.58. The van der Waals surface area contributed by atoms with Crippen LogP contribution >= 0.6 is 11.6 Å². The van der Waals surface area contributed by atoms with E-state index in [1.165, 1.54) is 0 Å². The van der Waals surface area contributed by atoms with Gasteiger partial charge in [-0.1, -0.05) is 71.3 Å². The number of aromatic nitrogens is 3. The summed E-state index contributed by atoms with van der Waals surface area (Å²) < 4.78 is 18.2. The highest BCUT2D eigenvalue weighted by molar-refractivity contribution is 6.30. The third-order valence-electron chi connectivity index (χ3n) is 4.86. The predicted octanol–water partition coefficient (Wildman–Crippen LogP) is 4.76. The highest BCUT2D eigenvalue weighted by Crippen LogP contribution is 2.32. The van der Waals surface area contributed by atoms with Crippen LogP contribution in [-0.2, 0) is 16.0 Å². The molecule has 33 heavy (non-hydrogen) atoms. The van der Waals surface area contributed by atoms with Gasteiger partial charge in [-0.3, -0.25) is 0 Å². The molecule has 0 fully saturated rings. The number of rotatable bonds is 9. The Balaban J connectivity index is 1.53. The lowest BCUT2D eigenvalue weighted by atomic mass is 10.2. The van der Waals surface area contributed by atoms with E-state index in [1.54, 1.807) is 23.8 Å². The van der Waals surface area contributed by atoms with Crippen molar-refractivity contribution in [3.63, 3.8) is 0 Å². The second-order valence-electron chi connectivity index (χ2n) is 7.07. The average Bonchev–Trinajstić information content (AvgIpc) is 3.27. The lowest BCUT2D eigenvalue weighted by Gasteiger charge is -2.14. The van der Waals surface area contributed by atoms with Crippen molar-refractivity contribution in [1.82, 2.24) is 14.8 Å². The fourth-order valence-corrected chi connectivity index (χ4v) is 3.49. The quantitative estimate of drug-likeness (QED) is 0.333. The van der Waals surface area contributed by atoms with E-state index in [1.807, 2.05) is 66.7 Å². The zero-order chi connectivity index (χ0) is 23.0. The van der Waals surface area contributed by atoms with Crippen molar-refractivity contribution >= 4 is 17.6 Å². The number of esters is 1. The average molecular weight is 464 g/mol. The van der Waals surface area contributed by atoms with Gasteiger partial charge in [-0.25, -0.2) is 9.36 Å². The van der Waals surface area contributed by atoms with E-state index < -0.39 is 5.97 Å². The standard InChI is InChI=1S/C25H22ClN3O4/c1-31-22-13-6-5-12-21(22)29-24(19-10-7-11-20(26)16-19)27-28-25(29)33-17-23(30)32-15-14-18-8-3-2-4-9-18/h2-13,16H,14-15,17H2,1H3. The minimum absolute atomic E-state index is 0.134. The lowest BCUT2D eigenvalue weighted by Crippen LogP contribution is -2.18. The molecule has 3 aromatic carbocycles. The second-order valence-corrected chi connectivity index (χ2v) is 7.50. The summed E-state index contributed by atoms with van der Waals surface area (Å²) in [6.45, 7) is -0.0449. The Morgan fingerprint density at radius 2 is 1.76 bits per heavy atom. The molecule has 0 unspecified atom stereocenters. The van der Waals surface area contributed by atoms with Gasteiger partial charge in [-0.2, -0.15) is 0 Å². The Morgan fingerprint density at radius 1 is 0.970 bits per heavy atom. The fourth-order valence-electron chi connectivity index (χ4n) is 3.30. The summed E-state index contributed by atoms with van der Waals surface area (Å²) in [4.78, 5) is 12.3. The van der Waals surface area contributed by atoms with Crippen molar-refractivity contribution in [1.29, 1.82) is 0 Å². The molecule has 1 aromatic heterocycles. The molecule has 0 aliphatic carbocycles. The zero-order valence-corrected chi connectivity index (χ0v) is 18.7. The molecule has 0 bridgehead atoms. The Bertz CT molecular complexity index is 1230. The Kier molecular flexibility index (Phi) is 7.22. The van der Waals surface area contributed by atoms with Crippen LogP contribution in [-0.4, -0.2) is 41.1 Å². The molecule has 0 aliphatic rings. The molecule has 0 saturated carbocycles. The van der Waals surface area contributed by atoms with Crippen LogP contribution in [0.5, 0.6) is 11.8 Å². The molecule has 4 aromatic rings. The summed E-state index contributed by atoms with van der Waals surface area (Å²) in [5.41, 5.74) is 2.49. The van der Waals surface area contributed by atoms with Crippen LogP contribution in [0.3, 0.4) is 0 Å². The van der Waals surface area contributed by atoms with Crippen molar-refractivity contribution in [2.24, 2.45) is 0 Å². The number of para-hydroxylation sites is 2. The molecule has 0 amide bonds. The summed E-state index contributed by atoms with van der Waals surface area (Å²) >= 11 is 6.18. The van der Waals surface area contributed by atoms with E-state index >= 15 is 0 Å². The van der Waals surface area contributed by atoms with Gasteiger partial charge in [0.1, 0.15) is 5.75 Å². The van der Waals surface area contributed by atoms with Crippen LogP contribution in [0.25, 0.3) is 17.1 Å². The van der Waals surface area contributed by atoms with Gasteiger partial charge in [0, 0.05) is 17.0 Å². The summed E-state index contributed by atoms with van der Waals surface area (Å²) in [6.07, 6.45) is 0.628. The number of hydrogen-bond acceptors (Lipinski definition) is 6. The molecule has 7 nitrogen and oxygen atoms in total. The summed E-state index contributed by atoms with van der Waals surface area (Å²) in [5, 5.41) is 9.00. The van der Waals surface area contributed by atoms with E-state index in [9.17, 15) is 4.79 Å². The predicted molar refractivity (Wildman–Crippen MR) is 125 cm³/mol. The van der Waals surface area contributed by atoms with Crippen molar-refractivity contribution < 1.29 is 19.0 Å². The molecule has 0 spiro atoms. The number of nitrogens with zero attached hydrogens (tertiary/aromatic N) is 3. The normalized spacial score (nSPS) is 10.6. The number of ether oxygens (including phenoxy) is 3. The first-order valence-electron chi connectivity index (χ1n) is 10.3. The van der Waals surface area contributed by atoms with Crippen molar-refractivity contribution in [2.45, 2.75) is 6.42 Å². The second kappa shape index (κ2) is 10.7. The van der Waals surface area contributed by atoms with Crippen LogP contribution in [0, 0.1) is 0 Å². The largest absolute Gasteiger partial charge is 0.495 e. The molecule has 168 valence electrons. The topological polar surface area (TPSA) is 75.5 Å². The Labute approximate surface area is 196 Å². The first-order chi connectivity index (χ1) is 16.2. The van der Waals surface area contributed by atoms with E-state index in [0.717, 1.165) is 11.1 Å². The minimum Gasteiger partial charge on any atom is -0.495 e. The molecule has 0 aliphatic heterocycles. The Morgan fingerprint density at radius 3 is 2.55 bits per heavy atom. The first kappa shape index (κ1) is 22.4. The van der Waals surface area contributed by atoms with Gasteiger partial charge in [-0.15, -0.1) is 5.10 Å². The van der Waals surface area contributed by atoms with E-state index in [-0.39, 0.29) is 19.2 Å². The van der Waals surface area contributed by atoms with Crippen molar-refractivity contribution in [3.05, 3.63) is 89.4 Å². The molecule has 0 N–H and O–H groups in total. The number of benzene rings is 3. The third kappa shape index (κ3) is 5.51. The smallest absolute Gasteiger partial charge is 0.344 e. The first-order valence-corrected chi connectivity index (χ1v) is 10.7. The van der Waals surface area contributed by atoms with Crippen LogP contribution in [0.2, 0.25) is 5.02 Å².